The predicted molar refractivity (Wildman–Crippen MR) is 207 cm³/mol. The first-order valence-electron chi connectivity index (χ1n) is 20.4. The molecule has 1 unspecified atom stereocenters. The fourth-order valence-corrected chi connectivity index (χ4v) is 6.87. The van der Waals surface area contributed by atoms with Gasteiger partial charge in [-0.2, -0.15) is 0 Å². The molecule has 0 aliphatic carbocycles. The molecule has 316 valence electrons. The number of unbranched alkanes of at least 4 members (excludes halogenated alkanes) is 18. The Balaban J connectivity index is 4.50. The number of hydrogen-bond donors (Lipinski definition) is 4. The van der Waals surface area contributed by atoms with E-state index in [2.05, 4.69) is 36.7 Å². The first-order chi connectivity index (χ1) is 25.1. The number of aliphatic hydroxyl groups excluding tert-OH is 1. The molecule has 0 aliphatic heterocycles. The fourth-order valence-electron chi connectivity index (χ4n) is 5.72. The summed E-state index contributed by atoms with van der Waals surface area (Å²) in [5, 5.41) is 9.72. The van der Waals surface area contributed by atoms with Crippen molar-refractivity contribution in [3.05, 3.63) is 0 Å². The molecule has 0 aromatic heterocycles. The second-order valence-corrected chi connectivity index (χ2v) is 17.9. The zero-order chi connectivity index (χ0) is 39.8. The lowest BCUT2D eigenvalue weighted by Gasteiger charge is -2.20. The van der Waals surface area contributed by atoms with Gasteiger partial charge >= 0.3 is 27.6 Å². The minimum atomic E-state index is -4.85. The normalized spacial score (nSPS) is 14.4. The number of hydrogen-bond acceptors (Lipinski definition) is 10. The molecule has 0 saturated heterocycles. The minimum absolute atomic E-state index is 0.137. The van der Waals surface area contributed by atoms with Crippen molar-refractivity contribution in [1.29, 1.82) is 0 Å². The van der Waals surface area contributed by atoms with E-state index in [1.807, 2.05) is 0 Å². The number of ether oxygens (including phenoxy) is 2. The molecule has 0 bridgehead atoms. The molecule has 15 heteroatoms. The number of phosphoric ester groups is 2. The van der Waals surface area contributed by atoms with Crippen LogP contribution in [0.5, 0.6) is 0 Å². The molecule has 0 fully saturated rings. The molecule has 0 radical (unpaired) electrons. The van der Waals surface area contributed by atoms with Crippen molar-refractivity contribution in [3.63, 3.8) is 0 Å². The summed E-state index contributed by atoms with van der Waals surface area (Å²) in [6.45, 7) is 6.33. The summed E-state index contributed by atoms with van der Waals surface area (Å²) < 4.78 is 47.6. The lowest BCUT2D eigenvalue weighted by atomic mass is 10.0. The Bertz CT molecular complexity index is 989. The highest BCUT2D eigenvalue weighted by Gasteiger charge is 2.28. The molecule has 0 amide bonds. The van der Waals surface area contributed by atoms with Crippen LogP contribution in [0, 0.1) is 11.8 Å². The predicted octanol–water partition coefficient (Wildman–Crippen LogP) is 9.72. The number of phosphoric acid groups is 2. The zero-order valence-electron chi connectivity index (χ0n) is 33.5. The standard InChI is InChI=1S/C38H76O13P2/c1-33(2)25-21-17-13-10-8-6-5-7-9-11-15-20-24-28-38(41)51-36(32-50-53(45,46)49-30-35(39)29-48-52(42,43)44)31-47-37(40)27-23-19-16-12-14-18-22-26-34(3)4/h33-36,39H,5-32H2,1-4H3,(H,45,46)(H2,42,43,44)/t35-,36+/m0/s1. The Morgan fingerprint density at radius 2 is 0.849 bits per heavy atom. The van der Waals surface area contributed by atoms with Crippen molar-refractivity contribution >= 4 is 27.6 Å². The van der Waals surface area contributed by atoms with Gasteiger partial charge in [-0.3, -0.25) is 23.2 Å². The van der Waals surface area contributed by atoms with E-state index in [9.17, 15) is 28.7 Å². The maximum atomic E-state index is 12.6. The van der Waals surface area contributed by atoms with E-state index in [1.165, 1.54) is 89.9 Å². The highest BCUT2D eigenvalue weighted by Crippen LogP contribution is 2.43. The first-order valence-corrected chi connectivity index (χ1v) is 23.5. The van der Waals surface area contributed by atoms with Crippen molar-refractivity contribution in [2.45, 2.75) is 194 Å². The molecular formula is C38H76O13P2. The highest BCUT2D eigenvalue weighted by molar-refractivity contribution is 7.47. The van der Waals surface area contributed by atoms with E-state index >= 15 is 0 Å². The lowest BCUT2D eigenvalue weighted by Crippen LogP contribution is -2.30. The largest absolute Gasteiger partial charge is 0.472 e. The van der Waals surface area contributed by atoms with Gasteiger partial charge in [0.2, 0.25) is 0 Å². The highest BCUT2D eigenvalue weighted by atomic mass is 31.2. The van der Waals surface area contributed by atoms with Crippen LogP contribution < -0.4 is 0 Å². The Hall–Kier alpha value is -0.880. The topological polar surface area (TPSA) is 195 Å². The molecule has 0 rings (SSSR count). The van der Waals surface area contributed by atoms with Gasteiger partial charge in [-0.1, -0.05) is 156 Å². The monoisotopic (exact) mass is 802 g/mol. The van der Waals surface area contributed by atoms with Gasteiger partial charge in [-0.05, 0) is 24.7 Å². The second kappa shape index (κ2) is 33.3. The van der Waals surface area contributed by atoms with Gasteiger partial charge in [0, 0.05) is 12.8 Å². The van der Waals surface area contributed by atoms with E-state index in [0.717, 1.165) is 50.4 Å². The number of carbonyl (C=O) groups excluding carboxylic acids is 2. The van der Waals surface area contributed by atoms with Crippen molar-refractivity contribution < 1.29 is 61.6 Å². The number of aliphatic hydroxyl groups is 1. The molecule has 0 spiro atoms. The van der Waals surface area contributed by atoms with Gasteiger partial charge in [-0.15, -0.1) is 0 Å². The average molecular weight is 803 g/mol. The fraction of sp³-hybridized carbons (Fsp3) is 0.947. The smallest absolute Gasteiger partial charge is 0.462 e. The quantitative estimate of drug-likeness (QED) is 0.0262. The van der Waals surface area contributed by atoms with E-state index < -0.39 is 59.6 Å². The van der Waals surface area contributed by atoms with E-state index in [4.69, 9.17) is 23.8 Å². The van der Waals surface area contributed by atoms with Gasteiger partial charge in [-0.25, -0.2) is 9.13 Å². The molecular weight excluding hydrogens is 726 g/mol. The van der Waals surface area contributed by atoms with Gasteiger partial charge in [0.25, 0.3) is 0 Å². The molecule has 0 aromatic rings. The summed E-state index contributed by atoms with van der Waals surface area (Å²) >= 11 is 0. The van der Waals surface area contributed by atoms with Crippen molar-refractivity contribution in [2.24, 2.45) is 11.8 Å². The van der Waals surface area contributed by atoms with Gasteiger partial charge in [0.15, 0.2) is 6.10 Å². The third-order valence-corrected chi connectivity index (χ3v) is 10.3. The van der Waals surface area contributed by atoms with E-state index in [-0.39, 0.29) is 19.4 Å². The summed E-state index contributed by atoms with van der Waals surface area (Å²) in [5.74, 6) is 0.503. The molecule has 3 atom stereocenters. The Morgan fingerprint density at radius 3 is 1.26 bits per heavy atom. The van der Waals surface area contributed by atoms with Crippen LogP contribution >= 0.6 is 15.6 Å². The summed E-state index contributed by atoms with van der Waals surface area (Å²) in [4.78, 5) is 52.5. The molecule has 0 saturated carbocycles. The van der Waals surface area contributed by atoms with Crippen LogP contribution in [0.4, 0.5) is 0 Å². The summed E-state index contributed by atoms with van der Waals surface area (Å²) in [7, 11) is -9.65. The summed E-state index contributed by atoms with van der Waals surface area (Å²) in [6, 6.07) is 0. The number of rotatable bonds is 38. The molecule has 53 heavy (non-hydrogen) atoms. The van der Waals surface area contributed by atoms with Crippen LogP contribution in [-0.4, -0.2) is 70.4 Å². The maximum Gasteiger partial charge on any atom is 0.472 e. The number of esters is 2. The molecule has 0 heterocycles. The average Bonchev–Trinajstić information content (AvgIpc) is 3.08. The minimum Gasteiger partial charge on any atom is -0.462 e. The van der Waals surface area contributed by atoms with Gasteiger partial charge < -0.3 is 29.3 Å². The molecule has 0 aromatic carbocycles. The van der Waals surface area contributed by atoms with Crippen LogP contribution in [0.3, 0.4) is 0 Å². The van der Waals surface area contributed by atoms with Crippen molar-refractivity contribution in [3.8, 4) is 0 Å². The van der Waals surface area contributed by atoms with Crippen LogP contribution in [-0.2, 0) is 41.8 Å². The summed E-state index contributed by atoms with van der Waals surface area (Å²) in [5.41, 5.74) is 0. The van der Waals surface area contributed by atoms with E-state index in [1.54, 1.807) is 0 Å². The van der Waals surface area contributed by atoms with Crippen LogP contribution in [0.2, 0.25) is 0 Å². The molecule has 13 nitrogen and oxygen atoms in total. The van der Waals surface area contributed by atoms with E-state index in [0.29, 0.717) is 12.8 Å². The summed E-state index contributed by atoms with van der Waals surface area (Å²) in [6.07, 6.45) is 22.7. The van der Waals surface area contributed by atoms with Crippen LogP contribution in [0.1, 0.15) is 182 Å². The van der Waals surface area contributed by atoms with Crippen molar-refractivity contribution in [2.75, 3.05) is 26.4 Å². The SMILES string of the molecule is CC(C)CCCCCCCCCCCCCCCC(=O)O[C@H](COC(=O)CCCCCCCCCC(C)C)COP(=O)(O)OC[C@@H](O)COP(=O)(O)O. The Morgan fingerprint density at radius 1 is 0.491 bits per heavy atom. The number of carbonyl (C=O) groups is 2. The third-order valence-electron chi connectivity index (χ3n) is 8.84. The molecule has 4 N–H and O–H groups in total. The van der Waals surface area contributed by atoms with Crippen molar-refractivity contribution in [1.82, 2.24) is 0 Å². The Labute approximate surface area is 320 Å². The third kappa shape index (κ3) is 39.2. The van der Waals surface area contributed by atoms with Gasteiger partial charge in [0.1, 0.15) is 12.7 Å². The second-order valence-electron chi connectivity index (χ2n) is 15.2. The maximum absolute atomic E-state index is 12.6. The van der Waals surface area contributed by atoms with Gasteiger partial charge in [0.05, 0.1) is 19.8 Å². The lowest BCUT2D eigenvalue weighted by molar-refractivity contribution is -0.161. The molecule has 0 aliphatic rings. The first kappa shape index (κ1) is 52.1. The van der Waals surface area contributed by atoms with Crippen LogP contribution in [0.25, 0.3) is 0 Å². The Kier molecular flexibility index (Phi) is 32.7. The zero-order valence-corrected chi connectivity index (χ0v) is 35.3. The van der Waals surface area contributed by atoms with Crippen LogP contribution in [0.15, 0.2) is 0 Å².